The largest absolute Gasteiger partial charge is 0.399 e. The summed E-state index contributed by atoms with van der Waals surface area (Å²) in [7, 11) is 0. The van der Waals surface area contributed by atoms with E-state index in [2.05, 4.69) is 15.3 Å². The first kappa shape index (κ1) is 14.4. The van der Waals surface area contributed by atoms with Crippen molar-refractivity contribution in [3.8, 4) is 0 Å². The lowest BCUT2D eigenvalue weighted by Gasteiger charge is -2.06. The van der Waals surface area contributed by atoms with Crippen LogP contribution in [0.5, 0.6) is 0 Å². The lowest BCUT2D eigenvalue weighted by Crippen LogP contribution is -2.24. The maximum atomic E-state index is 12.0. The van der Waals surface area contributed by atoms with Crippen molar-refractivity contribution in [2.45, 2.75) is 13.5 Å². The average Bonchev–Trinajstić information content (AvgIpc) is 2.46. The predicted octanol–water partition coefficient (Wildman–Crippen LogP) is 1.21. The van der Waals surface area contributed by atoms with E-state index >= 15 is 0 Å². The SMILES string of the molecule is Cc1cnc(CNC(=O)c2cc(N)ccc2[N+](=O)[O-])cn1. The highest BCUT2D eigenvalue weighted by atomic mass is 16.6. The smallest absolute Gasteiger partial charge is 0.282 e. The van der Waals surface area contributed by atoms with Crippen LogP contribution in [0.2, 0.25) is 0 Å². The molecule has 0 aliphatic rings. The molecule has 0 saturated carbocycles. The van der Waals surface area contributed by atoms with Crippen LogP contribution in [0.15, 0.2) is 30.6 Å². The number of hydrogen-bond acceptors (Lipinski definition) is 6. The standard InChI is InChI=1S/C13H13N5O3/c1-8-5-16-10(6-15-8)7-17-13(19)11-4-9(14)2-3-12(11)18(20)21/h2-6H,7,14H2,1H3,(H,17,19). The van der Waals surface area contributed by atoms with Crippen LogP contribution in [0.4, 0.5) is 11.4 Å². The molecule has 0 fully saturated rings. The molecule has 1 aromatic heterocycles. The van der Waals surface area contributed by atoms with Crippen LogP contribution in [0.3, 0.4) is 0 Å². The number of nitrogens with two attached hydrogens (primary N) is 1. The van der Waals surface area contributed by atoms with E-state index in [1.165, 1.54) is 24.4 Å². The minimum Gasteiger partial charge on any atom is -0.399 e. The third kappa shape index (κ3) is 3.50. The predicted molar refractivity (Wildman–Crippen MR) is 75.4 cm³/mol. The molecule has 3 N–H and O–H groups in total. The maximum absolute atomic E-state index is 12.0. The second-order valence-electron chi connectivity index (χ2n) is 4.37. The number of anilines is 1. The van der Waals surface area contributed by atoms with Gasteiger partial charge in [0.1, 0.15) is 5.56 Å². The monoisotopic (exact) mass is 287 g/mol. The van der Waals surface area contributed by atoms with Crippen LogP contribution in [0, 0.1) is 17.0 Å². The Labute approximate surface area is 120 Å². The van der Waals surface area contributed by atoms with E-state index in [4.69, 9.17) is 5.73 Å². The minimum absolute atomic E-state index is 0.0833. The number of aryl methyl sites for hydroxylation is 1. The minimum atomic E-state index is -0.625. The van der Waals surface area contributed by atoms with Crippen LogP contribution in [0.25, 0.3) is 0 Å². The summed E-state index contributed by atoms with van der Waals surface area (Å²) in [6.07, 6.45) is 3.10. The lowest BCUT2D eigenvalue weighted by molar-refractivity contribution is -0.385. The highest BCUT2D eigenvalue weighted by Gasteiger charge is 2.20. The van der Waals surface area contributed by atoms with Gasteiger partial charge in [0.2, 0.25) is 0 Å². The Morgan fingerprint density at radius 1 is 1.38 bits per heavy atom. The van der Waals surface area contributed by atoms with Gasteiger partial charge < -0.3 is 11.1 Å². The Bertz CT molecular complexity index is 685. The molecule has 1 amide bonds. The van der Waals surface area contributed by atoms with Gasteiger partial charge >= 0.3 is 0 Å². The number of carbonyl (C=O) groups is 1. The van der Waals surface area contributed by atoms with Gasteiger partial charge in [0.15, 0.2) is 0 Å². The van der Waals surface area contributed by atoms with E-state index in [1.807, 2.05) is 0 Å². The molecule has 2 aromatic rings. The number of nitro groups is 1. The number of nitrogens with one attached hydrogen (secondary N) is 1. The summed E-state index contributed by atoms with van der Waals surface area (Å²) in [5.41, 5.74) is 6.78. The van der Waals surface area contributed by atoms with Gasteiger partial charge in [-0.25, -0.2) is 0 Å². The van der Waals surface area contributed by atoms with E-state index in [-0.39, 0.29) is 23.5 Å². The van der Waals surface area contributed by atoms with Crippen molar-refractivity contribution in [3.05, 3.63) is 57.7 Å². The van der Waals surface area contributed by atoms with Crippen molar-refractivity contribution in [3.63, 3.8) is 0 Å². The molecule has 8 nitrogen and oxygen atoms in total. The van der Waals surface area contributed by atoms with Gasteiger partial charge in [-0.15, -0.1) is 0 Å². The van der Waals surface area contributed by atoms with Gasteiger partial charge in [0.05, 0.1) is 29.1 Å². The fourth-order valence-electron chi connectivity index (χ4n) is 1.67. The Morgan fingerprint density at radius 2 is 2.14 bits per heavy atom. The summed E-state index contributed by atoms with van der Waals surface area (Å²) < 4.78 is 0. The van der Waals surface area contributed by atoms with Crippen molar-refractivity contribution >= 4 is 17.3 Å². The van der Waals surface area contributed by atoms with Crippen molar-refractivity contribution in [1.82, 2.24) is 15.3 Å². The molecule has 0 unspecified atom stereocenters. The second-order valence-corrected chi connectivity index (χ2v) is 4.37. The molecule has 0 radical (unpaired) electrons. The topological polar surface area (TPSA) is 124 Å². The summed E-state index contributed by atoms with van der Waals surface area (Å²) in [6.45, 7) is 1.92. The molecule has 1 aromatic carbocycles. The number of hydrogen-bond donors (Lipinski definition) is 2. The van der Waals surface area contributed by atoms with E-state index in [1.54, 1.807) is 13.1 Å². The number of carbonyl (C=O) groups excluding carboxylic acids is 1. The zero-order chi connectivity index (χ0) is 15.4. The van der Waals surface area contributed by atoms with Crippen molar-refractivity contribution in [2.24, 2.45) is 0 Å². The lowest BCUT2D eigenvalue weighted by atomic mass is 10.1. The molecule has 21 heavy (non-hydrogen) atoms. The second kappa shape index (κ2) is 5.95. The summed E-state index contributed by atoms with van der Waals surface area (Å²) in [5.74, 6) is -0.587. The molecule has 1 heterocycles. The van der Waals surface area contributed by atoms with Crippen molar-refractivity contribution in [1.29, 1.82) is 0 Å². The van der Waals surface area contributed by atoms with Crippen LogP contribution < -0.4 is 11.1 Å². The number of nitro benzene ring substituents is 1. The van der Waals surface area contributed by atoms with Gasteiger partial charge in [-0.05, 0) is 19.1 Å². The molecule has 0 bridgehead atoms. The Balaban J connectivity index is 2.15. The number of nitrogens with zero attached hydrogens (tertiary/aromatic N) is 3. The molecule has 0 aliphatic carbocycles. The molecule has 8 heteroatoms. The fraction of sp³-hybridized carbons (Fsp3) is 0.154. The Hall–Kier alpha value is -3.03. The van der Waals surface area contributed by atoms with Crippen LogP contribution in [-0.2, 0) is 6.54 Å². The third-order valence-electron chi connectivity index (χ3n) is 2.73. The van der Waals surface area contributed by atoms with Crippen LogP contribution in [0.1, 0.15) is 21.7 Å². The van der Waals surface area contributed by atoms with E-state index < -0.39 is 10.8 Å². The van der Waals surface area contributed by atoms with Gasteiger partial charge in [0, 0.05) is 18.0 Å². The summed E-state index contributed by atoms with van der Waals surface area (Å²) >= 11 is 0. The Morgan fingerprint density at radius 3 is 2.76 bits per heavy atom. The van der Waals surface area contributed by atoms with Gasteiger partial charge in [-0.1, -0.05) is 0 Å². The first-order valence-electron chi connectivity index (χ1n) is 6.07. The van der Waals surface area contributed by atoms with Crippen molar-refractivity contribution in [2.75, 3.05) is 5.73 Å². The first-order chi connectivity index (χ1) is 9.97. The van der Waals surface area contributed by atoms with Gasteiger partial charge in [-0.2, -0.15) is 0 Å². The normalized spacial score (nSPS) is 10.1. The van der Waals surface area contributed by atoms with Gasteiger partial charge in [-0.3, -0.25) is 24.9 Å². The van der Waals surface area contributed by atoms with Crippen LogP contribution >= 0.6 is 0 Å². The fourth-order valence-corrected chi connectivity index (χ4v) is 1.67. The quantitative estimate of drug-likeness (QED) is 0.494. The number of benzene rings is 1. The molecule has 0 spiro atoms. The van der Waals surface area contributed by atoms with E-state index in [0.717, 1.165) is 5.69 Å². The van der Waals surface area contributed by atoms with E-state index in [9.17, 15) is 14.9 Å². The average molecular weight is 287 g/mol. The maximum Gasteiger partial charge on any atom is 0.282 e. The molecule has 108 valence electrons. The van der Waals surface area contributed by atoms with Gasteiger partial charge in [0.25, 0.3) is 11.6 Å². The number of rotatable bonds is 4. The highest BCUT2D eigenvalue weighted by Crippen LogP contribution is 2.21. The molecule has 0 saturated heterocycles. The first-order valence-corrected chi connectivity index (χ1v) is 6.07. The van der Waals surface area contributed by atoms with Crippen LogP contribution in [-0.4, -0.2) is 20.8 Å². The van der Waals surface area contributed by atoms with E-state index in [0.29, 0.717) is 5.69 Å². The number of amides is 1. The highest BCUT2D eigenvalue weighted by molar-refractivity contribution is 5.98. The number of aromatic nitrogens is 2. The number of nitrogen functional groups attached to an aromatic ring is 1. The zero-order valence-electron chi connectivity index (χ0n) is 11.2. The molecule has 0 atom stereocenters. The molecule has 2 rings (SSSR count). The zero-order valence-corrected chi connectivity index (χ0v) is 11.2. The third-order valence-corrected chi connectivity index (χ3v) is 2.73. The Kier molecular flexibility index (Phi) is 4.07. The summed E-state index contributed by atoms with van der Waals surface area (Å²) in [6, 6.07) is 3.85. The molecule has 0 aliphatic heterocycles. The van der Waals surface area contributed by atoms with Crippen molar-refractivity contribution < 1.29 is 9.72 Å². The molecular formula is C13H13N5O3. The molecular weight excluding hydrogens is 274 g/mol. The summed E-state index contributed by atoms with van der Waals surface area (Å²) in [5, 5.41) is 13.5. The summed E-state index contributed by atoms with van der Waals surface area (Å²) in [4.78, 5) is 30.5.